The van der Waals surface area contributed by atoms with E-state index in [0.717, 1.165) is 43.4 Å². The lowest BCUT2D eigenvalue weighted by atomic mass is 9.48. The zero-order valence-electron chi connectivity index (χ0n) is 20.5. The molecule has 0 aromatic heterocycles. The van der Waals surface area contributed by atoms with Crippen molar-refractivity contribution in [2.75, 3.05) is 20.7 Å². The summed E-state index contributed by atoms with van der Waals surface area (Å²) >= 11 is 0. The molecule has 2 fully saturated rings. The number of aliphatic carboxylic acids is 1. The Morgan fingerprint density at radius 3 is 2.67 bits per heavy atom. The highest BCUT2D eigenvalue weighted by atomic mass is 35.5. The minimum Gasteiger partial charge on any atom is -0.504 e. The predicted molar refractivity (Wildman–Crippen MR) is 141 cm³/mol. The van der Waals surface area contributed by atoms with Gasteiger partial charge >= 0.3 is 5.97 Å². The number of carboxylic acids is 1. The van der Waals surface area contributed by atoms with Gasteiger partial charge in [0.25, 0.3) is 0 Å². The predicted octanol–water partition coefficient (Wildman–Crippen LogP) is 3.33. The van der Waals surface area contributed by atoms with Crippen LogP contribution in [0, 0.1) is 0 Å². The Morgan fingerprint density at radius 1 is 1.22 bits per heavy atom. The van der Waals surface area contributed by atoms with Crippen molar-refractivity contribution in [2.24, 2.45) is 0 Å². The fourth-order valence-electron chi connectivity index (χ4n) is 7.64. The number of carboxylic acid groups (broad SMARTS) is 1. The smallest absolute Gasteiger partial charge is 0.321 e. The maximum absolute atomic E-state index is 12.3. The zero-order chi connectivity index (χ0) is 23.7. The number of aromatic hydroxyl groups is 1. The Hall–Kier alpha value is -2.03. The van der Waals surface area contributed by atoms with Crippen LogP contribution in [0.25, 0.3) is 0 Å². The van der Waals surface area contributed by atoms with Crippen molar-refractivity contribution in [3.63, 3.8) is 0 Å². The molecule has 3 N–H and O–H groups in total. The van der Waals surface area contributed by atoms with Gasteiger partial charge in [-0.1, -0.05) is 36.4 Å². The number of hydrogen-bond acceptors (Lipinski definition) is 6. The topological polar surface area (TPSA) is 91.3 Å². The van der Waals surface area contributed by atoms with E-state index in [1.54, 1.807) is 13.2 Å². The van der Waals surface area contributed by atoms with Crippen LogP contribution in [0.3, 0.4) is 0 Å². The molecule has 0 amide bonds. The number of phenols is 1. The van der Waals surface area contributed by atoms with E-state index in [1.807, 2.05) is 36.4 Å². The summed E-state index contributed by atoms with van der Waals surface area (Å²) < 4.78 is 13.1. The van der Waals surface area contributed by atoms with Crippen molar-refractivity contribution in [1.82, 2.24) is 10.2 Å². The number of rotatable bonds is 6. The lowest BCUT2D eigenvalue weighted by Gasteiger charge is -2.65. The third kappa shape index (κ3) is 3.55. The average Bonchev–Trinajstić information content (AvgIpc) is 3.20. The normalized spacial score (nSPS) is 32.3. The summed E-state index contributed by atoms with van der Waals surface area (Å²) in [5, 5.41) is 24.3. The molecule has 6 atom stereocenters. The molecule has 7 nitrogen and oxygen atoms in total. The van der Waals surface area contributed by atoms with Crippen molar-refractivity contribution in [1.29, 1.82) is 0 Å². The van der Waals surface area contributed by atoms with Gasteiger partial charge in [-0.05, 0) is 62.9 Å². The molecule has 6 rings (SSSR count). The quantitative estimate of drug-likeness (QED) is 0.521. The average molecular weight is 537 g/mol. The van der Waals surface area contributed by atoms with Gasteiger partial charge in [-0.3, -0.25) is 10.1 Å². The first-order valence-corrected chi connectivity index (χ1v) is 12.2. The lowest BCUT2D eigenvalue weighted by Crippen LogP contribution is -2.78. The first-order chi connectivity index (χ1) is 16.4. The van der Waals surface area contributed by atoms with Crippen LogP contribution in [0.2, 0.25) is 0 Å². The van der Waals surface area contributed by atoms with E-state index in [0.29, 0.717) is 12.2 Å². The van der Waals surface area contributed by atoms with Crippen molar-refractivity contribution in [2.45, 2.75) is 67.3 Å². The second kappa shape index (κ2) is 9.69. The largest absolute Gasteiger partial charge is 0.504 e. The van der Waals surface area contributed by atoms with Gasteiger partial charge in [-0.25, -0.2) is 0 Å². The van der Waals surface area contributed by atoms with Gasteiger partial charge in [0.2, 0.25) is 0 Å². The van der Waals surface area contributed by atoms with Crippen LogP contribution < -0.4 is 10.1 Å². The van der Waals surface area contributed by atoms with Gasteiger partial charge in [0.15, 0.2) is 11.5 Å². The highest BCUT2D eigenvalue weighted by Crippen LogP contribution is 2.66. The fraction of sp³-hybridized carbons (Fsp3) is 0.519. The van der Waals surface area contributed by atoms with Gasteiger partial charge in [0.1, 0.15) is 12.1 Å². The van der Waals surface area contributed by atoms with E-state index in [2.05, 4.69) is 17.3 Å². The Bertz CT molecular complexity index is 1130. The highest BCUT2D eigenvalue weighted by molar-refractivity contribution is 5.85. The Balaban J connectivity index is 0.00000152. The minimum absolute atomic E-state index is 0. The number of benzene rings is 2. The van der Waals surface area contributed by atoms with Gasteiger partial charge in [0, 0.05) is 24.8 Å². The number of phenolic OH excluding ortho intramolecular Hbond substituents is 1. The van der Waals surface area contributed by atoms with Crippen LogP contribution in [0.4, 0.5) is 0 Å². The van der Waals surface area contributed by atoms with E-state index in [1.165, 1.54) is 5.56 Å². The number of methoxy groups -OCH3 is 1. The van der Waals surface area contributed by atoms with E-state index < -0.39 is 23.0 Å². The van der Waals surface area contributed by atoms with E-state index in [-0.39, 0.29) is 48.8 Å². The monoisotopic (exact) mass is 536 g/mol. The van der Waals surface area contributed by atoms with Crippen molar-refractivity contribution in [3.8, 4) is 11.5 Å². The molecule has 2 aliphatic carbocycles. The second-order valence-electron chi connectivity index (χ2n) is 10.4. The zero-order valence-corrected chi connectivity index (χ0v) is 22.1. The molecule has 2 aromatic carbocycles. The molecular formula is C27H34Cl2N2O5. The Kier molecular flexibility index (Phi) is 7.27. The standard InChI is InChI=1S/C27H32N2O5.2ClH/c1-29-13-12-26-22-17-8-9-20(30)23(22)34-24(26)18(10-11-27(26,33-2)21(29)15-17)28-19(25(31)32)14-16-6-4-3-5-7-16;;/h3-9,18-19,21,24,28,30H,10-15H2,1-2H3,(H,31,32);2*1H/t18-,19+,21?,24+,26?,27-;;/m1../s1. The molecule has 196 valence electrons. The van der Waals surface area contributed by atoms with Crippen LogP contribution in [-0.4, -0.2) is 71.6 Å². The summed E-state index contributed by atoms with van der Waals surface area (Å²) in [7, 11) is 3.97. The van der Waals surface area contributed by atoms with Crippen LogP contribution >= 0.6 is 24.8 Å². The molecule has 36 heavy (non-hydrogen) atoms. The summed E-state index contributed by atoms with van der Waals surface area (Å²) in [6, 6.07) is 12.8. The van der Waals surface area contributed by atoms with Crippen LogP contribution in [0.5, 0.6) is 11.5 Å². The number of carbonyl (C=O) groups is 1. The molecule has 1 saturated heterocycles. The van der Waals surface area contributed by atoms with Crippen molar-refractivity contribution >= 4 is 30.8 Å². The lowest BCUT2D eigenvalue weighted by molar-refractivity contribution is -0.204. The van der Waals surface area contributed by atoms with Crippen molar-refractivity contribution in [3.05, 3.63) is 59.2 Å². The van der Waals surface area contributed by atoms with E-state index in [9.17, 15) is 15.0 Å². The van der Waals surface area contributed by atoms with E-state index in [4.69, 9.17) is 9.47 Å². The molecule has 2 aliphatic heterocycles. The van der Waals surface area contributed by atoms with Gasteiger partial charge in [0.05, 0.1) is 11.0 Å². The molecule has 2 aromatic rings. The number of likely N-dealkylation sites (tertiary alicyclic amines) is 1. The Labute approximate surface area is 224 Å². The second-order valence-corrected chi connectivity index (χ2v) is 10.4. The molecule has 9 heteroatoms. The number of likely N-dealkylation sites (N-methyl/N-ethyl adjacent to an activating group) is 1. The molecule has 2 bridgehead atoms. The van der Waals surface area contributed by atoms with Crippen molar-refractivity contribution < 1.29 is 24.5 Å². The molecule has 2 unspecified atom stereocenters. The van der Waals surface area contributed by atoms with Crippen LogP contribution in [0.15, 0.2) is 42.5 Å². The summed E-state index contributed by atoms with van der Waals surface area (Å²) in [4.78, 5) is 14.7. The Morgan fingerprint density at radius 2 is 1.97 bits per heavy atom. The molecule has 0 radical (unpaired) electrons. The minimum atomic E-state index is -0.867. The molecule has 1 saturated carbocycles. The summed E-state index contributed by atoms with van der Waals surface area (Å²) in [5.41, 5.74) is 2.42. The fourth-order valence-corrected chi connectivity index (χ4v) is 7.64. The number of piperidine rings is 1. The first kappa shape index (κ1) is 27.0. The highest BCUT2D eigenvalue weighted by Gasteiger charge is 2.73. The number of nitrogens with one attached hydrogen (secondary N) is 1. The maximum atomic E-state index is 12.3. The number of hydrogen-bond donors (Lipinski definition) is 3. The molecule has 1 spiro atoms. The summed E-state index contributed by atoms with van der Waals surface area (Å²) in [5.74, 6) is -0.146. The third-order valence-electron chi connectivity index (χ3n) is 9.05. The van der Waals surface area contributed by atoms with Crippen LogP contribution in [-0.2, 0) is 27.8 Å². The maximum Gasteiger partial charge on any atom is 0.321 e. The third-order valence-corrected chi connectivity index (χ3v) is 9.05. The van der Waals surface area contributed by atoms with E-state index >= 15 is 0 Å². The van der Waals surface area contributed by atoms with Gasteiger partial charge in [-0.2, -0.15) is 0 Å². The van der Waals surface area contributed by atoms with Crippen LogP contribution in [0.1, 0.15) is 36.0 Å². The SMILES string of the molecule is CO[C@@]12CC[C@@H](N[C@@H](Cc3ccccc3)C(=O)O)[C@@H]3Oc4c(O)ccc5c4C31CCN(C)C2C5.Cl.Cl. The number of halogens is 2. The molecule has 2 heterocycles. The molecule has 4 aliphatic rings. The molecular weight excluding hydrogens is 503 g/mol. The van der Waals surface area contributed by atoms with Gasteiger partial charge < -0.3 is 24.6 Å². The summed E-state index contributed by atoms with van der Waals surface area (Å²) in [6.07, 6.45) is 3.34. The summed E-state index contributed by atoms with van der Waals surface area (Å²) in [6.45, 7) is 0.906. The van der Waals surface area contributed by atoms with Gasteiger partial charge in [-0.15, -0.1) is 24.8 Å². The number of ether oxygens (including phenoxy) is 2. The number of nitrogens with zero attached hydrogens (tertiary/aromatic N) is 1. The first-order valence-electron chi connectivity index (χ1n) is 12.2.